The molecule has 24 heavy (non-hydrogen) atoms. The third kappa shape index (κ3) is 3.32. The van der Waals surface area contributed by atoms with Crippen LogP contribution in [0, 0.1) is 12.8 Å². The van der Waals surface area contributed by atoms with E-state index in [1.807, 2.05) is 37.3 Å². The van der Waals surface area contributed by atoms with Crippen molar-refractivity contribution in [3.8, 4) is 11.3 Å². The molecule has 2 N–H and O–H groups in total. The number of nitrogens with zero attached hydrogens (tertiary/aromatic N) is 1. The molecule has 3 rings (SSSR count). The first-order valence-corrected chi connectivity index (χ1v) is 8.20. The number of nitrogens with one attached hydrogen (secondary N) is 2. The molecule has 0 radical (unpaired) electrons. The number of hydrogen-bond donors (Lipinski definition) is 2. The molecule has 0 bridgehead atoms. The number of carbonyl (C=O) groups is 2. The Morgan fingerprint density at radius 1 is 1.21 bits per heavy atom. The second kappa shape index (κ2) is 6.86. The second-order valence-corrected chi connectivity index (χ2v) is 6.25. The van der Waals surface area contributed by atoms with E-state index >= 15 is 0 Å². The number of anilines is 1. The summed E-state index contributed by atoms with van der Waals surface area (Å²) in [6.07, 6.45) is 3.40. The maximum atomic E-state index is 12.2. The second-order valence-electron chi connectivity index (χ2n) is 6.25. The summed E-state index contributed by atoms with van der Waals surface area (Å²) in [5.74, 6) is -0.418. The molecule has 1 aliphatic rings. The van der Waals surface area contributed by atoms with Gasteiger partial charge in [-0.1, -0.05) is 41.9 Å². The van der Waals surface area contributed by atoms with Gasteiger partial charge in [-0.15, -0.1) is 0 Å². The molecule has 1 aliphatic carbocycles. The van der Waals surface area contributed by atoms with E-state index in [1.54, 1.807) is 6.92 Å². The highest BCUT2D eigenvalue weighted by molar-refractivity contribution is 6.40. The van der Waals surface area contributed by atoms with Crippen molar-refractivity contribution >= 4 is 17.5 Å². The molecule has 1 heterocycles. The lowest BCUT2D eigenvalue weighted by molar-refractivity contribution is -0.136. The summed E-state index contributed by atoms with van der Waals surface area (Å²) in [5.41, 5.74) is 1.75. The molecule has 1 saturated carbocycles. The average Bonchev–Trinajstić information content (AvgIpc) is 2.87. The van der Waals surface area contributed by atoms with Gasteiger partial charge in [0.2, 0.25) is 0 Å². The summed E-state index contributed by atoms with van der Waals surface area (Å²) < 4.78 is 5.31. The summed E-state index contributed by atoms with van der Waals surface area (Å²) in [4.78, 5) is 24.3. The first-order chi connectivity index (χ1) is 11.6. The topological polar surface area (TPSA) is 84.2 Å². The standard InChI is InChI=1S/C18H21N3O3/c1-11(13-9-6-10-13)19-17(22)18(23)20-15-12(2)21-24-16(15)14-7-4-3-5-8-14/h3-5,7-8,11,13H,6,9-10H2,1-2H3,(H,19,22)(H,20,23). The monoisotopic (exact) mass is 327 g/mol. The number of aromatic nitrogens is 1. The molecule has 1 fully saturated rings. The summed E-state index contributed by atoms with van der Waals surface area (Å²) in [6, 6.07) is 9.34. The summed E-state index contributed by atoms with van der Waals surface area (Å²) >= 11 is 0. The fourth-order valence-electron chi connectivity index (χ4n) is 2.80. The van der Waals surface area contributed by atoms with Crippen LogP contribution in [0.3, 0.4) is 0 Å². The zero-order valence-electron chi connectivity index (χ0n) is 13.8. The fraction of sp³-hybridized carbons (Fsp3) is 0.389. The third-order valence-corrected chi connectivity index (χ3v) is 4.56. The van der Waals surface area contributed by atoms with Gasteiger partial charge in [-0.2, -0.15) is 0 Å². The molecule has 1 aromatic heterocycles. The molecule has 0 aliphatic heterocycles. The lowest BCUT2D eigenvalue weighted by Crippen LogP contribution is -2.45. The minimum absolute atomic E-state index is 0.00849. The van der Waals surface area contributed by atoms with E-state index < -0.39 is 11.8 Å². The van der Waals surface area contributed by atoms with Crippen LogP contribution in [0.4, 0.5) is 5.69 Å². The average molecular weight is 327 g/mol. The van der Waals surface area contributed by atoms with E-state index in [0.29, 0.717) is 23.1 Å². The fourth-order valence-corrected chi connectivity index (χ4v) is 2.80. The van der Waals surface area contributed by atoms with Crippen molar-refractivity contribution in [2.45, 2.75) is 39.2 Å². The van der Waals surface area contributed by atoms with Gasteiger partial charge >= 0.3 is 11.8 Å². The van der Waals surface area contributed by atoms with Crippen LogP contribution in [0.25, 0.3) is 11.3 Å². The van der Waals surface area contributed by atoms with Gasteiger partial charge in [0.25, 0.3) is 0 Å². The van der Waals surface area contributed by atoms with E-state index in [4.69, 9.17) is 4.52 Å². The van der Waals surface area contributed by atoms with E-state index in [2.05, 4.69) is 15.8 Å². The van der Waals surface area contributed by atoms with Gasteiger partial charge in [-0.3, -0.25) is 9.59 Å². The zero-order valence-corrected chi connectivity index (χ0v) is 13.8. The molecule has 6 heteroatoms. The van der Waals surface area contributed by atoms with Crippen molar-refractivity contribution < 1.29 is 14.1 Å². The smallest absolute Gasteiger partial charge is 0.313 e. The number of aryl methyl sites for hydroxylation is 1. The van der Waals surface area contributed by atoms with E-state index in [0.717, 1.165) is 18.4 Å². The molecule has 1 aromatic carbocycles. The Morgan fingerprint density at radius 3 is 2.54 bits per heavy atom. The number of amides is 2. The molecule has 2 aromatic rings. The molecule has 126 valence electrons. The van der Waals surface area contributed by atoms with Gasteiger partial charge in [0.15, 0.2) is 5.76 Å². The lowest BCUT2D eigenvalue weighted by Gasteiger charge is -2.31. The lowest BCUT2D eigenvalue weighted by atomic mass is 9.80. The summed E-state index contributed by atoms with van der Waals surface area (Å²) in [7, 11) is 0. The molecular formula is C18H21N3O3. The molecule has 0 spiro atoms. The van der Waals surface area contributed by atoms with Crippen LogP contribution < -0.4 is 10.6 Å². The number of benzene rings is 1. The Kier molecular flexibility index (Phi) is 4.64. The van der Waals surface area contributed by atoms with Crippen LogP contribution in [-0.4, -0.2) is 23.0 Å². The van der Waals surface area contributed by atoms with Gasteiger partial charge in [-0.25, -0.2) is 0 Å². The van der Waals surface area contributed by atoms with Crippen LogP contribution >= 0.6 is 0 Å². The first-order valence-electron chi connectivity index (χ1n) is 8.20. The van der Waals surface area contributed by atoms with Crippen LogP contribution in [0.15, 0.2) is 34.9 Å². The number of rotatable bonds is 4. The Balaban J connectivity index is 1.70. The Hall–Kier alpha value is -2.63. The highest BCUT2D eigenvalue weighted by Crippen LogP contribution is 2.31. The van der Waals surface area contributed by atoms with Gasteiger partial charge < -0.3 is 15.2 Å². The van der Waals surface area contributed by atoms with Crippen LogP contribution in [0.2, 0.25) is 0 Å². The van der Waals surface area contributed by atoms with E-state index in [9.17, 15) is 9.59 Å². The van der Waals surface area contributed by atoms with Crippen LogP contribution in [-0.2, 0) is 9.59 Å². The minimum Gasteiger partial charge on any atom is -0.354 e. The van der Waals surface area contributed by atoms with Crippen LogP contribution in [0.5, 0.6) is 0 Å². The predicted molar refractivity (Wildman–Crippen MR) is 90.3 cm³/mol. The highest BCUT2D eigenvalue weighted by Gasteiger charge is 2.28. The van der Waals surface area contributed by atoms with Crippen molar-refractivity contribution in [2.24, 2.45) is 5.92 Å². The third-order valence-electron chi connectivity index (χ3n) is 4.56. The number of carbonyl (C=O) groups excluding carboxylic acids is 2. The molecule has 0 saturated heterocycles. The minimum atomic E-state index is -0.704. The van der Waals surface area contributed by atoms with E-state index in [-0.39, 0.29) is 6.04 Å². The Bertz CT molecular complexity index is 735. The quantitative estimate of drug-likeness (QED) is 0.846. The summed E-state index contributed by atoms with van der Waals surface area (Å²) in [5, 5.41) is 9.30. The van der Waals surface area contributed by atoms with Gasteiger partial charge in [0.05, 0.1) is 0 Å². The SMILES string of the molecule is Cc1noc(-c2ccccc2)c1NC(=O)C(=O)NC(C)C1CCC1. The van der Waals surface area contributed by atoms with Gasteiger partial charge in [0.1, 0.15) is 11.4 Å². The molecule has 2 amide bonds. The van der Waals surface area contributed by atoms with Gasteiger partial charge in [-0.05, 0) is 32.6 Å². The van der Waals surface area contributed by atoms with Crippen LogP contribution in [0.1, 0.15) is 31.9 Å². The molecule has 6 nitrogen and oxygen atoms in total. The van der Waals surface area contributed by atoms with Crippen molar-refractivity contribution in [2.75, 3.05) is 5.32 Å². The zero-order chi connectivity index (χ0) is 17.1. The maximum Gasteiger partial charge on any atom is 0.313 e. The normalized spacial score (nSPS) is 15.4. The largest absolute Gasteiger partial charge is 0.354 e. The van der Waals surface area contributed by atoms with Crippen molar-refractivity contribution in [1.29, 1.82) is 0 Å². The molecular weight excluding hydrogens is 306 g/mol. The first kappa shape index (κ1) is 16.2. The molecule has 1 unspecified atom stereocenters. The Morgan fingerprint density at radius 2 is 1.92 bits per heavy atom. The summed E-state index contributed by atoms with van der Waals surface area (Å²) in [6.45, 7) is 3.66. The predicted octanol–water partition coefficient (Wildman–Crippen LogP) is 2.89. The Labute approximate surface area is 140 Å². The van der Waals surface area contributed by atoms with Crippen molar-refractivity contribution in [3.05, 3.63) is 36.0 Å². The number of hydrogen-bond acceptors (Lipinski definition) is 4. The van der Waals surface area contributed by atoms with Gasteiger partial charge in [0, 0.05) is 11.6 Å². The molecule has 1 atom stereocenters. The van der Waals surface area contributed by atoms with Crippen molar-refractivity contribution in [1.82, 2.24) is 10.5 Å². The highest BCUT2D eigenvalue weighted by atomic mass is 16.5. The van der Waals surface area contributed by atoms with E-state index in [1.165, 1.54) is 6.42 Å². The maximum absolute atomic E-state index is 12.2. The van der Waals surface area contributed by atoms with Crippen molar-refractivity contribution in [3.63, 3.8) is 0 Å².